The monoisotopic (exact) mass is 397 g/mol. The molecule has 1 N–H and O–H groups in total. The molecule has 5 heteroatoms. The van der Waals surface area contributed by atoms with Crippen LogP contribution in [0.5, 0.6) is 5.75 Å². The Hall–Kier alpha value is -3.86. The third-order valence-electron chi connectivity index (χ3n) is 4.78. The molecule has 1 aromatic heterocycles. The number of aromatic amines is 1. The van der Waals surface area contributed by atoms with Gasteiger partial charge in [0.25, 0.3) is 5.56 Å². The average Bonchev–Trinajstić information content (AvgIpc) is 3.14. The Morgan fingerprint density at radius 2 is 1.57 bits per heavy atom. The van der Waals surface area contributed by atoms with E-state index in [1.165, 1.54) is 0 Å². The van der Waals surface area contributed by atoms with Gasteiger partial charge in [0.05, 0.1) is 29.3 Å². The van der Waals surface area contributed by atoms with Gasteiger partial charge in [-0.1, -0.05) is 60.7 Å². The van der Waals surface area contributed by atoms with E-state index < -0.39 is 0 Å². The lowest BCUT2D eigenvalue weighted by Crippen LogP contribution is -2.19. The third kappa shape index (κ3) is 3.82. The van der Waals surface area contributed by atoms with Crippen molar-refractivity contribution < 1.29 is 4.74 Å². The van der Waals surface area contributed by atoms with Gasteiger partial charge in [-0.3, -0.25) is 9.89 Å². The number of aromatic nitrogens is 2. The summed E-state index contributed by atoms with van der Waals surface area (Å²) >= 11 is 0. The van der Waals surface area contributed by atoms with E-state index in [4.69, 9.17) is 9.73 Å². The van der Waals surface area contributed by atoms with Crippen LogP contribution < -0.4 is 10.3 Å². The van der Waals surface area contributed by atoms with Crippen molar-refractivity contribution in [1.29, 1.82) is 0 Å². The molecule has 0 fully saturated rings. The molecule has 4 aromatic rings. The SMILES string of the molecule is CCOc1ccccc1N=C(C)c1c(-c2ccccc2)[nH]n(-c2ccccc2)c1=O. The van der Waals surface area contributed by atoms with Crippen LogP contribution in [-0.4, -0.2) is 22.1 Å². The van der Waals surface area contributed by atoms with E-state index in [2.05, 4.69) is 5.10 Å². The summed E-state index contributed by atoms with van der Waals surface area (Å²) in [4.78, 5) is 18.2. The molecule has 0 aliphatic carbocycles. The highest BCUT2D eigenvalue weighted by Gasteiger charge is 2.19. The molecule has 0 unspecified atom stereocenters. The van der Waals surface area contributed by atoms with Gasteiger partial charge in [0.2, 0.25) is 0 Å². The van der Waals surface area contributed by atoms with Crippen molar-refractivity contribution >= 4 is 11.4 Å². The molecule has 1 heterocycles. The molecule has 0 saturated carbocycles. The van der Waals surface area contributed by atoms with Gasteiger partial charge in [0.15, 0.2) is 0 Å². The summed E-state index contributed by atoms with van der Waals surface area (Å²) in [6.45, 7) is 4.34. The zero-order valence-corrected chi connectivity index (χ0v) is 17.0. The van der Waals surface area contributed by atoms with Gasteiger partial charge >= 0.3 is 0 Å². The van der Waals surface area contributed by atoms with Gasteiger partial charge in [0.1, 0.15) is 11.4 Å². The lowest BCUT2D eigenvalue weighted by atomic mass is 10.1. The second-order valence-electron chi connectivity index (χ2n) is 6.80. The number of benzene rings is 3. The van der Waals surface area contributed by atoms with E-state index >= 15 is 0 Å². The number of ether oxygens (including phenoxy) is 1. The van der Waals surface area contributed by atoms with Crippen LogP contribution in [-0.2, 0) is 0 Å². The maximum Gasteiger partial charge on any atom is 0.280 e. The van der Waals surface area contributed by atoms with Gasteiger partial charge in [-0.05, 0) is 38.1 Å². The first-order valence-electron chi connectivity index (χ1n) is 9.92. The fraction of sp³-hybridized carbons (Fsp3) is 0.120. The predicted octanol–water partition coefficient (Wildman–Crippen LogP) is 5.37. The van der Waals surface area contributed by atoms with Gasteiger partial charge in [-0.25, -0.2) is 9.67 Å². The predicted molar refractivity (Wildman–Crippen MR) is 121 cm³/mol. The molecule has 3 aromatic carbocycles. The van der Waals surface area contributed by atoms with Crippen molar-refractivity contribution in [2.45, 2.75) is 13.8 Å². The minimum atomic E-state index is -0.143. The summed E-state index contributed by atoms with van der Waals surface area (Å²) in [5.41, 5.74) is 4.14. The van der Waals surface area contributed by atoms with E-state index in [-0.39, 0.29) is 5.56 Å². The molecule has 0 aliphatic rings. The Balaban J connectivity index is 1.90. The summed E-state index contributed by atoms with van der Waals surface area (Å²) in [6, 6.07) is 26.9. The van der Waals surface area contributed by atoms with Crippen molar-refractivity contribution in [2.24, 2.45) is 4.99 Å². The zero-order valence-electron chi connectivity index (χ0n) is 17.0. The lowest BCUT2D eigenvalue weighted by Gasteiger charge is -2.07. The molecule has 30 heavy (non-hydrogen) atoms. The summed E-state index contributed by atoms with van der Waals surface area (Å²) in [5, 5.41) is 3.28. The molecule has 150 valence electrons. The number of aliphatic imine (C=N–C) groups is 1. The van der Waals surface area contributed by atoms with Gasteiger partial charge < -0.3 is 4.74 Å². The van der Waals surface area contributed by atoms with Crippen LogP contribution in [0.15, 0.2) is 94.7 Å². The Morgan fingerprint density at radius 1 is 0.933 bits per heavy atom. The van der Waals surface area contributed by atoms with Crippen LogP contribution in [0.4, 0.5) is 5.69 Å². The minimum Gasteiger partial charge on any atom is -0.492 e. The number of hydrogen-bond acceptors (Lipinski definition) is 3. The van der Waals surface area contributed by atoms with Crippen molar-refractivity contribution in [3.8, 4) is 22.7 Å². The average molecular weight is 397 g/mol. The highest BCUT2D eigenvalue weighted by atomic mass is 16.5. The van der Waals surface area contributed by atoms with Crippen LogP contribution in [0.25, 0.3) is 16.9 Å². The van der Waals surface area contributed by atoms with Gasteiger partial charge in [0, 0.05) is 5.56 Å². The molecule has 4 rings (SSSR count). The number of H-pyrrole nitrogens is 1. The highest BCUT2D eigenvalue weighted by Crippen LogP contribution is 2.29. The van der Waals surface area contributed by atoms with Gasteiger partial charge in [-0.2, -0.15) is 0 Å². The minimum absolute atomic E-state index is 0.143. The van der Waals surface area contributed by atoms with Crippen LogP contribution in [0.3, 0.4) is 0 Å². The number of rotatable bonds is 6. The van der Waals surface area contributed by atoms with Crippen LogP contribution in [0.2, 0.25) is 0 Å². The molecule has 0 spiro atoms. The van der Waals surface area contributed by atoms with Crippen molar-refractivity contribution in [2.75, 3.05) is 6.61 Å². The topological polar surface area (TPSA) is 59.4 Å². The van der Waals surface area contributed by atoms with E-state index in [1.54, 1.807) is 4.68 Å². The van der Waals surface area contributed by atoms with Crippen molar-refractivity contribution in [3.63, 3.8) is 0 Å². The molecule has 0 radical (unpaired) electrons. The Bertz CT molecular complexity index is 1220. The first-order chi connectivity index (χ1) is 14.7. The van der Waals surface area contributed by atoms with E-state index in [9.17, 15) is 4.79 Å². The second-order valence-corrected chi connectivity index (χ2v) is 6.80. The lowest BCUT2D eigenvalue weighted by molar-refractivity contribution is 0.341. The van der Waals surface area contributed by atoms with Crippen LogP contribution in [0, 0.1) is 0 Å². The van der Waals surface area contributed by atoms with E-state index in [0.29, 0.717) is 29.3 Å². The maximum atomic E-state index is 13.4. The smallest absolute Gasteiger partial charge is 0.280 e. The molecular formula is C25H23N3O2. The first-order valence-corrected chi connectivity index (χ1v) is 9.92. The van der Waals surface area contributed by atoms with Gasteiger partial charge in [-0.15, -0.1) is 0 Å². The van der Waals surface area contributed by atoms with Crippen molar-refractivity contribution in [1.82, 2.24) is 9.78 Å². The summed E-state index contributed by atoms with van der Waals surface area (Å²) < 4.78 is 7.26. The quantitative estimate of drug-likeness (QED) is 0.445. The molecular weight excluding hydrogens is 374 g/mol. The number of hydrogen-bond donors (Lipinski definition) is 1. The normalized spacial score (nSPS) is 11.5. The number of para-hydroxylation sites is 3. The Morgan fingerprint density at radius 3 is 2.27 bits per heavy atom. The summed E-state index contributed by atoms with van der Waals surface area (Å²) in [7, 11) is 0. The maximum absolute atomic E-state index is 13.4. The Kier molecular flexibility index (Phi) is 5.61. The van der Waals surface area contributed by atoms with Crippen molar-refractivity contribution in [3.05, 3.63) is 101 Å². The number of nitrogens with one attached hydrogen (secondary N) is 1. The molecule has 0 atom stereocenters. The fourth-order valence-electron chi connectivity index (χ4n) is 3.41. The van der Waals surface area contributed by atoms with Crippen LogP contribution >= 0.6 is 0 Å². The largest absolute Gasteiger partial charge is 0.492 e. The highest BCUT2D eigenvalue weighted by molar-refractivity contribution is 6.05. The Labute approximate surface area is 175 Å². The summed E-state index contributed by atoms with van der Waals surface area (Å²) in [5.74, 6) is 0.694. The molecule has 0 saturated heterocycles. The zero-order chi connectivity index (χ0) is 20.9. The second kappa shape index (κ2) is 8.66. The fourth-order valence-corrected chi connectivity index (χ4v) is 3.41. The molecule has 0 amide bonds. The molecule has 5 nitrogen and oxygen atoms in total. The number of nitrogens with zero attached hydrogens (tertiary/aromatic N) is 2. The molecule has 0 aliphatic heterocycles. The summed E-state index contributed by atoms with van der Waals surface area (Å²) in [6.07, 6.45) is 0. The standard InChI is InChI=1S/C25H23N3O2/c1-3-30-22-17-11-10-16-21(22)26-18(2)23-24(19-12-6-4-7-13-19)27-28(25(23)29)20-14-8-5-9-15-20/h4-17,27H,3H2,1-2H3. The van der Waals surface area contributed by atoms with E-state index in [1.807, 2.05) is 98.8 Å². The molecule has 0 bridgehead atoms. The third-order valence-corrected chi connectivity index (χ3v) is 4.78. The van der Waals surface area contributed by atoms with Crippen LogP contribution in [0.1, 0.15) is 19.4 Å². The van der Waals surface area contributed by atoms with E-state index in [0.717, 1.165) is 16.9 Å². The first kappa shape index (κ1) is 19.5.